The molecular weight excluding hydrogens is 410 g/mol. The maximum absolute atomic E-state index is 12.4. The summed E-state index contributed by atoms with van der Waals surface area (Å²) in [7, 11) is 1.53. The van der Waals surface area contributed by atoms with Crippen LogP contribution in [0.25, 0.3) is 10.9 Å². The molecule has 0 unspecified atom stereocenters. The van der Waals surface area contributed by atoms with E-state index in [4.69, 9.17) is 4.74 Å². The second-order valence-electron chi connectivity index (χ2n) is 6.76. The molecule has 4 N–H and O–H groups in total. The molecule has 0 saturated heterocycles. The van der Waals surface area contributed by atoms with Crippen LogP contribution in [0.3, 0.4) is 0 Å². The highest BCUT2D eigenvalue weighted by Crippen LogP contribution is 2.37. The van der Waals surface area contributed by atoms with Gasteiger partial charge >= 0.3 is 6.03 Å². The Hall–Kier alpha value is -4.66. The van der Waals surface area contributed by atoms with E-state index in [0.717, 1.165) is 0 Å². The molecule has 0 radical (unpaired) electrons. The zero-order valence-corrected chi connectivity index (χ0v) is 17.0. The van der Waals surface area contributed by atoms with E-state index in [2.05, 4.69) is 25.8 Å². The number of aromatic amines is 1. The number of para-hydroxylation sites is 1. The van der Waals surface area contributed by atoms with E-state index >= 15 is 0 Å². The highest BCUT2D eigenvalue weighted by Gasteiger charge is 2.13. The standard InChI is InChI=1S/C23H19N5O4/c1-32-17-11-12-19-18(13-17)20(22(30)26-19)27-28-21(29)14-7-9-16(10-8-14)25-23(31)24-15-5-3-2-4-6-15/h2-13,26,30H,1H3,(H2,24,25,31). The highest BCUT2D eigenvalue weighted by atomic mass is 16.5. The molecule has 0 aliphatic carbocycles. The highest BCUT2D eigenvalue weighted by molar-refractivity contribution is 6.01. The van der Waals surface area contributed by atoms with Crippen LogP contribution in [0.5, 0.6) is 11.6 Å². The summed E-state index contributed by atoms with van der Waals surface area (Å²) in [6, 6.07) is 20.0. The first kappa shape index (κ1) is 20.6. The van der Waals surface area contributed by atoms with Gasteiger partial charge < -0.3 is 25.5 Å². The summed E-state index contributed by atoms with van der Waals surface area (Å²) in [5.41, 5.74) is 2.22. The molecule has 0 fully saturated rings. The number of azo groups is 1. The number of nitrogens with one attached hydrogen (secondary N) is 3. The third-order valence-electron chi connectivity index (χ3n) is 4.62. The smallest absolute Gasteiger partial charge is 0.323 e. The molecule has 4 rings (SSSR count). The fourth-order valence-corrected chi connectivity index (χ4v) is 3.04. The molecule has 9 heteroatoms. The summed E-state index contributed by atoms with van der Waals surface area (Å²) >= 11 is 0. The summed E-state index contributed by atoms with van der Waals surface area (Å²) < 4.78 is 5.18. The summed E-state index contributed by atoms with van der Waals surface area (Å²) in [6.45, 7) is 0. The van der Waals surface area contributed by atoms with Crippen molar-refractivity contribution in [1.29, 1.82) is 0 Å². The Balaban J connectivity index is 1.44. The quantitative estimate of drug-likeness (QED) is 0.314. The second-order valence-corrected chi connectivity index (χ2v) is 6.76. The number of aromatic nitrogens is 1. The maximum atomic E-state index is 12.4. The molecule has 0 saturated carbocycles. The molecule has 3 aromatic carbocycles. The largest absolute Gasteiger partial charge is 0.497 e. The molecule has 0 aliphatic rings. The number of carbonyl (C=O) groups is 2. The molecular formula is C23H19N5O4. The van der Waals surface area contributed by atoms with Gasteiger partial charge in [-0.2, -0.15) is 0 Å². The number of ether oxygens (including phenoxy) is 1. The number of benzene rings is 3. The minimum absolute atomic E-state index is 0.142. The van der Waals surface area contributed by atoms with Gasteiger partial charge in [-0.15, -0.1) is 10.2 Å². The molecule has 0 atom stereocenters. The molecule has 1 heterocycles. The maximum Gasteiger partial charge on any atom is 0.323 e. The normalized spacial score (nSPS) is 10.9. The summed E-state index contributed by atoms with van der Waals surface area (Å²) in [4.78, 5) is 27.2. The number of nitrogens with zero attached hydrogens (tertiary/aromatic N) is 2. The van der Waals surface area contributed by atoms with Gasteiger partial charge in [-0.25, -0.2) is 4.79 Å². The number of aromatic hydroxyl groups is 1. The minimum atomic E-state index is -0.595. The van der Waals surface area contributed by atoms with Gasteiger partial charge in [0.15, 0.2) is 5.69 Å². The number of fused-ring (bicyclic) bond motifs is 1. The van der Waals surface area contributed by atoms with E-state index in [1.807, 2.05) is 18.2 Å². The van der Waals surface area contributed by atoms with Crippen LogP contribution in [-0.4, -0.2) is 29.1 Å². The number of methoxy groups -OCH3 is 1. The van der Waals surface area contributed by atoms with E-state index in [1.54, 1.807) is 42.5 Å². The Morgan fingerprint density at radius 1 is 0.938 bits per heavy atom. The Kier molecular flexibility index (Phi) is 5.80. The van der Waals surface area contributed by atoms with E-state index in [1.165, 1.54) is 19.2 Å². The molecule has 0 aliphatic heterocycles. The lowest BCUT2D eigenvalue weighted by molar-refractivity contribution is 0.0995. The number of H-pyrrole nitrogens is 1. The Morgan fingerprint density at radius 2 is 1.62 bits per heavy atom. The minimum Gasteiger partial charge on any atom is -0.497 e. The first-order chi connectivity index (χ1) is 15.5. The zero-order valence-electron chi connectivity index (χ0n) is 17.0. The van der Waals surface area contributed by atoms with Gasteiger partial charge in [-0.05, 0) is 54.6 Å². The van der Waals surface area contributed by atoms with E-state index in [0.29, 0.717) is 28.0 Å². The van der Waals surface area contributed by atoms with Crippen molar-refractivity contribution in [3.63, 3.8) is 0 Å². The fraction of sp³-hybridized carbons (Fsp3) is 0.0435. The van der Waals surface area contributed by atoms with Gasteiger partial charge in [0, 0.05) is 22.3 Å². The van der Waals surface area contributed by atoms with E-state index in [-0.39, 0.29) is 17.1 Å². The predicted octanol–water partition coefficient (Wildman–Crippen LogP) is 5.45. The van der Waals surface area contributed by atoms with Crippen LogP contribution in [0, 0.1) is 0 Å². The van der Waals surface area contributed by atoms with Crippen LogP contribution < -0.4 is 15.4 Å². The van der Waals surface area contributed by atoms with Gasteiger partial charge in [0.05, 0.1) is 12.6 Å². The Morgan fingerprint density at radius 3 is 2.31 bits per heavy atom. The zero-order chi connectivity index (χ0) is 22.5. The first-order valence-electron chi connectivity index (χ1n) is 9.61. The van der Waals surface area contributed by atoms with Crippen LogP contribution in [0.1, 0.15) is 10.4 Å². The van der Waals surface area contributed by atoms with Crippen molar-refractivity contribution in [2.75, 3.05) is 17.7 Å². The van der Waals surface area contributed by atoms with Crippen molar-refractivity contribution in [3.05, 3.63) is 78.4 Å². The number of hydrogen-bond donors (Lipinski definition) is 4. The number of rotatable bonds is 5. The van der Waals surface area contributed by atoms with Crippen LogP contribution in [0.15, 0.2) is 83.0 Å². The number of carbonyl (C=O) groups excluding carboxylic acids is 2. The van der Waals surface area contributed by atoms with Crippen LogP contribution >= 0.6 is 0 Å². The second kappa shape index (κ2) is 9.00. The van der Waals surface area contributed by atoms with Gasteiger partial charge in [0.1, 0.15) is 5.75 Å². The van der Waals surface area contributed by atoms with Gasteiger partial charge in [0.2, 0.25) is 5.88 Å². The number of anilines is 2. The van der Waals surface area contributed by atoms with Crippen molar-refractivity contribution < 1.29 is 19.4 Å². The number of urea groups is 1. The summed E-state index contributed by atoms with van der Waals surface area (Å²) in [5, 5.41) is 23.7. The lowest BCUT2D eigenvalue weighted by Crippen LogP contribution is -2.19. The predicted molar refractivity (Wildman–Crippen MR) is 121 cm³/mol. The summed E-state index contributed by atoms with van der Waals surface area (Å²) in [5.74, 6) is -0.214. The first-order valence-corrected chi connectivity index (χ1v) is 9.61. The van der Waals surface area contributed by atoms with Gasteiger partial charge in [-0.3, -0.25) is 4.79 Å². The third-order valence-corrected chi connectivity index (χ3v) is 4.62. The molecule has 0 spiro atoms. The van der Waals surface area contributed by atoms with Gasteiger partial charge in [-0.1, -0.05) is 18.2 Å². The average Bonchev–Trinajstić information content (AvgIpc) is 3.12. The van der Waals surface area contributed by atoms with E-state index in [9.17, 15) is 14.7 Å². The lowest BCUT2D eigenvalue weighted by Gasteiger charge is -2.07. The SMILES string of the molecule is COc1ccc2[nH]c(O)c(N=NC(=O)c3ccc(NC(=O)Nc4ccccc4)cc3)c2c1. The van der Waals surface area contributed by atoms with Crippen molar-refractivity contribution >= 4 is 39.9 Å². The van der Waals surface area contributed by atoms with Crippen LogP contribution in [0.4, 0.5) is 21.9 Å². The molecule has 4 aromatic rings. The molecule has 3 amide bonds. The van der Waals surface area contributed by atoms with Crippen molar-refractivity contribution in [1.82, 2.24) is 4.98 Å². The number of amides is 3. The average molecular weight is 429 g/mol. The molecule has 160 valence electrons. The van der Waals surface area contributed by atoms with Crippen molar-refractivity contribution in [3.8, 4) is 11.6 Å². The molecule has 32 heavy (non-hydrogen) atoms. The number of hydrogen-bond acceptors (Lipinski definition) is 5. The van der Waals surface area contributed by atoms with Gasteiger partial charge in [0.25, 0.3) is 5.91 Å². The fourth-order valence-electron chi connectivity index (χ4n) is 3.04. The third kappa shape index (κ3) is 4.57. The lowest BCUT2D eigenvalue weighted by atomic mass is 10.2. The van der Waals surface area contributed by atoms with E-state index < -0.39 is 11.9 Å². The van der Waals surface area contributed by atoms with Crippen LogP contribution in [-0.2, 0) is 0 Å². The molecule has 1 aromatic heterocycles. The molecule has 9 nitrogen and oxygen atoms in total. The van der Waals surface area contributed by atoms with Crippen molar-refractivity contribution in [2.24, 2.45) is 10.2 Å². The topological polar surface area (TPSA) is 128 Å². The Labute approximate surface area is 182 Å². The summed E-state index contributed by atoms with van der Waals surface area (Å²) in [6.07, 6.45) is 0. The van der Waals surface area contributed by atoms with Crippen molar-refractivity contribution in [2.45, 2.75) is 0 Å². The molecule has 0 bridgehead atoms. The van der Waals surface area contributed by atoms with Crippen LogP contribution in [0.2, 0.25) is 0 Å². The Bertz CT molecular complexity index is 1300. The monoisotopic (exact) mass is 429 g/mol.